The van der Waals surface area contributed by atoms with E-state index in [9.17, 15) is 15.2 Å². The number of nitriles is 1. The van der Waals surface area contributed by atoms with Gasteiger partial charge in [-0.1, -0.05) is 153 Å². The molecule has 4 nitrogen and oxygen atoms in total. The number of carbonyl (C=O) groups is 1. The van der Waals surface area contributed by atoms with E-state index in [1.165, 1.54) is 143 Å². The third-order valence-electron chi connectivity index (χ3n) is 15.6. The molecule has 0 aliphatic heterocycles. The van der Waals surface area contributed by atoms with Gasteiger partial charge < -0.3 is 10.0 Å². The quantitative estimate of drug-likeness (QED) is 0.0528. The molecule has 74 heavy (non-hydrogen) atoms. The van der Waals surface area contributed by atoms with Crippen molar-refractivity contribution in [3.63, 3.8) is 0 Å². The minimum absolute atomic E-state index is 0.126. The topological polar surface area (TPSA) is 64.3 Å². The first kappa shape index (κ1) is 49.9. The largest absolute Gasteiger partial charge is 0.477 e. The van der Waals surface area contributed by atoms with Crippen molar-refractivity contribution < 1.29 is 9.90 Å². The van der Waals surface area contributed by atoms with E-state index >= 15 is 0 Å². The smallest absolute Gasteiger partial charge is 0.346 e. The van der Waals surface area contributed by atoms with Crippen molar-refractivity contribution in [3.8, 4) is 58.3 Å². The Morgan fingerprint density at radius 1 is 0.541 bits per heavy atom. The lowest BCUT2D eigenvalue weighted by Crippen LogP contribution is -2.18. The van der Waals surface area contributed by atoms with Gasteiger partial charge in [-0.05, 0) is 154 Å². The lowest BCUT2D eigenvalue weighted by Gasteiger charge is -2.30. The third-order valence-corrected chi connectivity index (χ3v) is 20.6. The van der Waals surface area contributed by atoms with Crippen LogP contribution in [0.1, 0.15) is 131 Å². The van der Waals surface area contributed by atoms with E-state index in [4.69, 9.17) is 0 Å². The van der Waals surface area contributed by atoms with E-state index in [-0.39, 0.29) is 16.4 Å². The monoisotopic (exact) mass is 1040 g/mol. The van der Waals surface area contributed by atoms with Crippen LogP contribution in [0.5, 0.6) is 0 Å². The number of carboxylic acids is 1. The number of anilines is 3. The van der Waals surface area contributed by atoms with Gasteiger partial charge in [0.1, 0.15) is 11.6 Å². The molecule has 0 radical (unpaired) electrons. The van der Waals surface area contributed by atoms with Gasteiger partial charge in [0.15, 0.2) is 0 Å². The van der Waals surface area contributed by atoms with Crippen LogP contribution < -0.4 is 4.90 Å². The first-order chi connectivity index (χ1) is 35.9. The summed E-state index contributed by atoms with van der Waals surface area (Å²) in [5.41, 5.74) is 17.9. The molecule has 0 amide bonds. The standard InChI is InChI=1S/C66H62N2O2S4/c1-7-9-11-13-19-42-35-61(63-43(20-14-12-10-8-2)34-57(73-63)60-39-59-58(72-60)38-48(71-59)33-44(40-67)64(69)70)74-62(42)41-25-27-45(28-26-41)68(46-29-31-51-49-21-15-17-23-53(49)65(3,4)55(51)36-46)47-30-32-52-50-22-16-18-24-54(50)66(5,6)56(52)37-47/h15-18,21-39H,7-14,19-20H2,1-6H3,(H,69,70)/b44-33+. The molecule has 8 heteroatoms. The van der Waals surface area contributed by atoms with E-state index in [1.54, 1.807) is 22.7 Å². The van der Waals surface area contributed by atoms with Gasteiger partial charge in [0, 0.05) is 66.6 Å². The normalized spacial score (nSPS) is 13.9. The van der Waals surface area contributed by atoms with E-state index < -0.39 is 5.97 Å². The summed E-state index contributed by atoms with van der Waals surface area (Å²) in [5.74, 6) is -1.20. The van der Waals surface area contributed by atoms with Crippen molar-refractivity contribution in [1.82, 2.24) is 0 Å². The van der Waals surface area contributed by atoms with Crippen LogP contribution in [0, 0.1) is 11.3 Å². The second-order valence-electron chi connectivity index (χ2n) is 21.2. The van der Waals surface area contributed by atoms with Crippen molar-refractivity contribution in [2.45, 2.75) is 117 Å². The highest BCUT2D eigenvalue weighted by atomic mass is 32.1. The second kappa shape index (κ2) is 20.4. The van der Waals surface area contributed by atoms with Crippen molar-refractivity contribution in [3.05, 3.63) is 177 Å². The van der Waals surface area contributed by atoms with Crippen LogP contribution in [0.4, 0.5) is 17.1 Å². The predicted molar refractivity (Wildman–Crippen MR) is 318 cm³/mol. The fourth-order valence-corrected chi connectivity index (χ4v) is 16.6. The number of carboxylic acid groups (broad SMARTS) is 1. The number of hydrogen-bond acceptors (Lipinski definition) is 7. The molecule has 2 aliphatic rings. The van der Waals surface area contributed by atoms with Gasteiger partial charge in [-0.2, -0.15) is 5.26 Å². The minimum atomic E-state index is -1.20. The van der Waals surface area contributed by atoms with Crippen molar-refractivity contribution in [1.29, 1.82) is 5.26 Å². The predicted octanol–water partition coefficient (Wildman–Crippen LogP) is 20.4. The van der Waals surface area contributed by atoms with E-state index in [0.717, 1.165) is 44.2 Å². The molecule has 0 saturated carbocycles. The fraction of sp³-hybridized carbons (Fsp3) is 0.273. The average molecular weight is 1040 g/mol. The van der Waals surface area contributed by atoms with Crippen molar-refractivity contribution in [2.75, 3.05) is 4.90 Å². The zero-order valence-corrected chi connectivity index (χ0v) is 46.5. The summed E-state index contributed by atoms with van der Waals surface area (Å²) in [6.45, 7) is 14.1. The molecule has 11 rings (SSSR count). The summed E-state index contributed by atoms with van der Waals surface area (Å²) < 4.78 is 2.23. The number of unbranched alkanes of at least 4 members (excludes halogenated alkanes) is 6. The van der Waals surface area contributed by atoms with Crippen molar-refractivity contribution >= 4 is 83.9 Å². The highest BCUT2D eigenvalue weighted by molar-refractivity contribution is 7.32. The molecule has 0 saturated heterocycles. The Kier molecular flexibility index (Phi) is 13.7. The summed E-state index contributed by atoms with van der Waals surface area (Å²) in [4.78, 5) is 21.5. The van der Waals surface area contributed by atoms with Gasteiger partial charge in [-0.15, -0.1) is 45.3 Å². The highest BCUT2D eigenvalue weighted by Gasteiger charge is 2.38. The van der Waals surface area contributed by atoms with Crippen LogP contribution in [0.3, 0.4) is 0 Å². The van der Waals surface area contributed by atoms with Gasteiger partial charge in [0.2, 0.25) is 0 Å². The minimum Gasteiger partial charge on any atom is -0.477 e. The molecule has 0 spiro atoms. The number of nitrogens with zero attached hydrogens (tertiary/aromatic N) is 2. The molecule has 0 unspecified atom stereocenters. The average Bonchev–Trinajstić information content (AvgIpc) is 4.26. The van der Waals surface area contributed by atoms with E-state index in [0.29, 0.717) is 0 Å². The highest BCUT2D eigenvalue weighted by Crippen LogP contribution is 2.54. The van der Waals surface area contributed by atoms with Crippen LogP contribution in [0.25, 0.3) is 67.7 Å². The molecule has 4 aromatic heterocycles. The molecule has 9 aromatic rings. The number of aliphatic carboxylic acids is 1. The van der Waals surface area contributed by atoms with Crippen LogP contribution in [-0.4, -0.2) is 11.1 Å². The van der Waals surface area contributed by atoms with Gasteiger partial charge in [0.25, 0.3) is 0 Å². The van der Waals surface area contributed by atoms with E-state index in [1.807, 2.05) is 34.8 Å². The zero-order valence-electron chi connectivity index (χ0n) is 43.2. The Hall–Kier alpha value is -6.34. The number of rotatable bonds is 18. The fourth-order valence-electron chi connectivity index (χ4n) is 11.6. The molecular weight excluding hydrogens is 981 g/mol. The summed E-state index contributed by atoms with van der Waals surface area (Å²) in [6, 6.07) is 52.6. The van der Waals surface area contributed by atoms with E-state index in [2.05, 4.69) is 174 Å². The SMILES string of the molecule is CCCCCCc1cc(-c2sc(-c3cc4sc(/C=C(\C#N)C(=O)O)cc4s3)cc2CCCCCC)sc1-c1ccc(N(c2ccc3c(c2)C(C)(C)c2ccccc2-3)c2ccc3c(c2)C(C)(C)c2ccccc2-3)cc1. The first-order valence-corrected chi connectivity index (χ1v) is 29.7. The third kappa shape index (κ3) is 9.10. The number of benzene rings is 5. The first-order valence-electron chi connectivity index (χ1n) is 26.4. The second-order valence-corrected chi connectivity index (χ2v) is 25.5. The molecule has 4 heterocycles. The lowest BCUT2D eigenvalue weighted by molar-refractivity contribution is -0.132. The molecule has 1 N–H and O–H groups in total. The Balaban J connectivity index is 0.983. The van der Waals surface area contributed by atoms with Gasteiger partial charge >= 0.3 is 5.97 Å². The van der Waals surface area contributed by atoms with Gasteiger partial charge in [0.05, 0.1) is 0 Å². The molecule has 0 fully saturated rings. The van der Waals surface area contributed by atoms with Gasteiger partial charge in [-0.25, -0.2) is 4.79 Å². The molecule has 372 valence electrons. The summed E-state index contributed by atoms with van der Waals surface area (Å²) in [7, 11) is 0. The molecule has 5 aromatic carbocycles. The number of fused-ring (bicyclic) bond motifs is 7. The Morgan fingerprint density at radius 3 is 1.59 bits per heavy atom. The maximum absolute atomic E-state index is 11.6. The Bertz CT molecular complexity index is 3520. The Morgan fingerprint density at radius 2 is 1.04 bits per heavy atom. The molecule has 2 aliphatic carbocycles. The number of thiophene rings is 4. The van der Waals surface area contributed by atoms with Crippen molar-refractivity contribution in [2.24, 2.45) is 0 Å². The molecule has 0 bridgehead atoms. The molecular formula is C66H62N2O2S4. The summed E-state index contributed by atoms with van der Waals surface area (Å²) >= 11 is 7.17. The van der Waals surface area contributed by atoms with Crippen LogP contribution in [0.15, 0.2) is 139 Å². The van der Waals surface area contributed by atoms with Crippen LogP contribution in [0.2, 0.25) is 0 Å². The lowest BCUT2D eigenvalue weighted by atomic mass is 9.82. The van der Waals surface area contributed by atoms with Crippen LogP contribution in [-0.2, 0) is 28.5 Å². The van der Waals surface area contributed by atoms with Crippen LogP contribution >= 0.6 is 45.3 Å². The number of aryl methyl sites for hydroxylation is 2. The van der Waals surface area contributed by atoms with Gasteiger partial charge in [-0.3, -0.25) is 0 Å². The maximum atomic E-state index is 11.6. The maximum Gasteiger partial charge on any atom is 0.346 e. The summed E-state index contributed by atoms with van der Waals surface area (Å²) in [6.07, 6.45) is 13.3. The Labute approximate surface area is 453 Å². The number of hydrogen-bond donors (Lipinski definition) is 1. The molecule has 0 atom stereocenters. The zero-order chi connectivity index (χ0) is 51.3. The summed E-state index contributed by atoms with van der Waals surface area (Å²) in [5, 5.41) is 18.8.